The highest BCUT2D eigenvalue weighted by Gasteiger charge is 2.23. The first-order valence-electron chi connectivity index (χ1n) is 5.91. The van der Waals surface area contributed by atoms with E-state index in [1.807, 2.05) is 31.2 Å². The third-order valence-corrected chi connectivity index (χ3v) is 3.00. The molecule has 0 bridgehead atoms. The molecule has 5 heteroatoms. The quantitative estimate of drug-likeness (QED) is 0.884. The predicted octanol–water partition coefficient (Wildman–Crippen LogP) is 2.10. The van der Waals surface area contributed by atoms with E-state index < -0.39 is 0 Å². The van der Waals surface area contributed by atoms with Crippen LogP contribution in [0.2, 0.25) is 0 Å². The number of benzene rings is 1. The second-order valence-corrected chi connectivity index (χ2v) is 4.46. The van der Waals surface area contributed by atoms with E-state index in [9.17, 15) is 4.79 Å². The molecule has 0 saturated carbocycles. The van der Waals surface area contributed by atoms with E-state index in [1.165, 1.54) is 0 Å². The fourth-order valence-corrected chi connectivity index (χ4v) is 1.86. The smallest absolute Gasteiger partial charge is 0.229 e. The maximum absolute atomic E-state index is 11.8. The van der Waals surface area contributed by atoms with Gasteiger partial charge in [0.15, 0.2) is 0 Å². The summed E-state index contributed by atoms with van der Waals surface area (Å²) < 4.78 is 5.19. The Morgan fingerprint density at radius 3 is 2.61 bits per heavy atom. The van der Waals surface area contributed by atoms with Gasteiger partial charge in [-0.2, -0.15) is 0 Å². The third kappa shape index (κ3) is 3.70. The minimum Gasteiger partial charge on any atom is -0.381 e. The molecule has 1 aliphatic heterocycles. The molecule has 2 unspecified atom stereocenters. The lowest BCUT2D eigenvalue weighted by Gasteiger charge is -2.10. The lowest BCUT2D eigenvalue weighted by Crippen LogP contribution is -2.22. The van der Waals surface area contributed by atoms with Crippen LogP contribution in [-0.4, -0.2) is 19.1 Å². The molecule has 0 radical (unpaired) electrons. The summed E-state index contributed by atoms with van der Waals surface area (Å²) >= 11 is 0. The van der Waals surface area contributed by atoms with Crippen LogP contribution >= 0.6 is 12.4 Å². The number of halogens is 1. The molecule has 0 aliphatic carbocycles. The van der Waals surface area contributed by atoms with Gasteiger partial charge < -0.3 is 15.8 Å². The zero-order valence-corrected chi connectivity index (χ0v) is 11.2. The zero-order chi connectivity index (χ0) is 12.3. The van der Waals surface area contributed by atoms with Crippen molar-refractivity contribution in [2.45, 2.75) is 19.4 Å². The number of rotatable bonds is 3. The van der Waals surface area contributed by atoms with E-state index in [4.69, 9.17) is 10.5 Å². The summed E-state index contributed by atoms with van der Waals surface area (Å²) in [4.78, 5) is 11.8. The molecule has 100 valence electrons. The SMILES string of the molecule is CC(N)c1ccc(NC(=O)C2CCOC2)cc1.Cl. The molecule has 1 aromatic rings. The minimum atomic E-state index is -0.0110. The molecule has 1 fully saturated rings. The van der Waals surface area contributed by atoms with Crippen molar-refractivity contribution in [2.24, 2.45) is 11.7 Å². The number of anilines is 1. The van der Waals surface area contributed by atoms with Crippen molar-refractivity contribution in [2.75, 3.05) is 18.5 Å². The molecule has 2 atom stereocenters. The molecule has 1 aromatic carbocycles. The molecular formula is C13H19ClN2O2. The van der Waals surface area contributed by atoms with Crippen LogP contribution in [0.1, 0.15) is 24.9 Å². The third-order valence-electron chi connectivity index (χ3n) is 3.00. The molecule has 2 rings (SSSR count). The average Bonchev–Trinajstić information content (AvgIpc) is 2.83. The zero-order valence-electron chi connectivity index (χ0n) is 10.4. The summed E-state index contributed by atoms with van der Waals surface area (Å²) in [6.45, 7) is 3.15. The summed E-state index contributed by atoms with van der Waals surface area (Å²) in [7, 11) is 0. The first-order valence-corrected chi connectivity index (χ1v) is 5.91. The minimum absolute atomic E-state index is 0. The monoisotopic (exact) mass is 270 g/mol. The van der Waals surface area contributed by atoms with Gasteiger partial charge in [0.25, 0.3) is 0 Å². The van der Waals surface area contributed by atoms with Crippen molar-refractivity contribution in [3.63, 3.8) is 0 Å². The highest BCUT2D eigenvalue weighted by molar-refractivity contribution is 5.92. The molecule has 0 aromatic heterocycles. The van der Waals surface area contributed by atoms with Crippen LogP contribution in [0.25, 0.3) is 0 Å². The van der Waals surface area contributed by atoms with Gasteiger partial charge in [-0.25, -0.2) is 0 Å². The summed E-state index contributed by atoms with van der Waals surface area (Å²) in [6.07, 6.45) is 0.809. The molecule has 1 aliphatic rings. The largest absolute Gasteiger partial charge is 0.381 e. The number of carbonyl (C=O) groups excluding carboxylic acids is 1. The maximum atomic E-state index is 11.8. The number of hydrogen-bond acceptors (Lipinski definition) is 3. The number of carbonyl (C=O) groups is 1. The van der Waals surface area contributed by atoms with Crippen molar-refractivity contribution in [1.29, 1.82) is 0 Å². The van der Waals surface area contributed by atoms with Crippen molar-refractivity contribution in [3.8, 4) is 0 Å². The fourth-order valence-electron chi connectivity index (χ4n) is 1.86. The molecular weight excluding hydrogens is 252 g/mol. The van der Waals surface area contributed by atoms with Gasteiger partial charge >= 0.3 is 0 Å². The highest BCUT2D eigenvalue weighted by Crippen LogP contribution is 2.17. The first kappa shape index (κ1) is 15.0. The Kier molecular flexibility index (Phi) is 5.59. The van der Waals surface area contributed by atoms with Gasteiger partial charge in [-0.05, 0) is 31.0 Å². The van der Waals surface area contributed by atoms with E-state index in [2.05, 4.69) is 5.32 Å². The number of hydrogen-bond donors (Lipinski definition) is 2. The van der Waals surface area contributed by atoms with Crippen LogP contribution in [0.3, 0.4) is 0 Å². The van der Waals surface area contributed by atoms with Crippen LogP contribution in [-0.2, 0) is 9.53 Å². The number of amides is 1. The van der Waals surface area contributed by atoms with E-state index in [-0.39, 0.29) is 30.3 Å². The molecule has 1 saturated heterocycles. The van der Waals surface area contributed by atoms with Crippen LogP contribution in [0.5, 0.6) is 0 Å². The van der Waals surface area contributed by atoms with Gasteiger partial charge in [0, 0.05) is 18.3 Å². The molecule has 1 heterocycles. The average molecular weight is 271 g/mol. The Balaban J connectivity index is 0.00000162. The van der Waals surface area contributed by atoms with Crippen LogP contribution in [0.15, 0.2) is 24.3 Å². The molecule has 0 spiro atoms. The Morgan fingerprint density at radius 1 is 1.44 bits per heavy atom. The van der Waals surface area contributed by atoms with Crippen LogP contribution in [0.4, 0.5) is 5.69 Å². The van der Waals surface area contributed by atoms with Crippen molar-refractivity contribution < 1.29 is 9.53 Å². The van der Waals surface area contributed by atoms with E-state index in [0.717, 1.165) is 17.7 Å². The van der Waals surface area contributed by atoms with E-state index in [0.29, 0.717) is 13.2 Å². The summed E-state index contributed by atoms with van der Waals surface area (Å²) in [5.41, 5.74) is 7.63. The standard InChI is InChI=1S/C13H18N2O2.ClH/c1-9(14)10-2-4-12(5-3-10)15-13(16)11-6-7-17-8-11;/h2-5,9,11H,6-8,14H2,1H3,(H,15,16);1H. The van der Waals surface area contributed by atoms with Crippen molar-refractivity contribution in [1.82, 2.24) is 0 Å². The number of nitrogens with two attached hydrogens (primary N) is 1. The van der Waals surface area contributed by atoms with Crippen molar-refractivity contribution in [3.05, 3.63) is 29.8 Å². The predicted molar refractivity (Wildman–Crippen MR) is 73.8 cm³/mol. The maximum Gasteiger partial charge on any atom is 0.229 e. The van der Waals surface area contributed by atoms with Crippen LogP contribution in [0, 0.1) is 5.92 Å². The van der Waals surface area contributed by atoms with Gasteiger partial charge in [0.2, 0.25) is 5.91 Å². The van der Waals surface area contributed by atoms with Crippen molar-refractivity contribution >= 4 is 24.0 Å². The normalized spacial score (nSPS) is 20.0. The number of ether oxygens (including phenoxy) is 1. The highest BCUT2D eigenvalue weighted by atomic mass is 35.5. The topological polar surface area (TPSA) is 64.3 Å². The second kappa shape index (κ2) is 6.73. The van der Waals surface area contributed by atoms with E-state index in [1.54, 1.807) is 0 Å². The molecule has 1 amide bonds. The molecule has 18 heavy (non-hydrogen) atoms. The van der Waals surface area contributed by atoms with Gasteiger partial charge in [-0.15, -0.1) is 12.4 Å². The lowest BCUT2D eigenvalue weighted by atomic mass is 10.1. The summed E-state index contributed by atoms with van der Waals surface area (Å²) in [6, 6.07) is 7.65. The molecule has 4 nitrogen and oxygen atoms in total. The Hall–Kier alpha value is -1.10. The summed E-state index contributed by atoms with van der Waals surface area (Å²) in [5.74, 6) is 0.0270. The fraction of sp³-hybridized carbons (Fsp3) is 0.462. The second-order valence-electron chi connectivity index (χ2n) is 4.46. The molecule has 3 N–H and O–H groups in total. The van der Waals surface area contributed by atoms with E-state index >= 15 is 0 Å². The first-order chi connectivity index (χ1) is 8.16. The lowest BCUT2D eigenvalue weighted by molar-refractivity contribution is -0.119. The van der Waals surface area contributed by atoms with Crippen LogP contribution < -0.4 is 11.1 Å². The number of nitrogens with one attached hydrogen (secondary N) is 1. The Bertz CT molecular complexity index is 386. The van der Waals surface area contributed by atoms with Gasteiger partial charge in [0.05, 0.1) is 12.5 Å². The Morgan fingerprint density at radius 2 is 2.11 bits per heavy atom. The van der Waals surface area contributed by atoms with Gasteiger partial charge in [0.1, 0.15) is 0 Å². The summed E-state index contributed by atoms with van der Waals surface area (Å²) in [5, 5.41) is 2.89. The Labute approximate surface area is 113 Å². The van der Waals surface area contributed by atoms with Gasteiger partial charge in [-0.1, -0.05) is 12.1 Å². The van der Waals surface area contributed by atoms with Gasteiger partial charge in [-0.3, -0.25) is 4.79 Å².